The second-order valence-corrected chi connectivity index (χ2v) is 7.34. The maximum absolute atomic E-state index is 13.5. The van der Waals surface area contributed by atoms with Gasteiger partial charge in [-0.2, -0.15) is 0 Å². The number of aromatic nitrogens is 1. The summed E-state index contributed by atoms with van der Waals surface area (Å²) in [6.45, 7) is 2.93. The van der Waals surface area contributed by atoms with Gasteiger partial charge in [0.05, 0.1) is 0 Å². The van der Waals surface area contributed by atoms with Crippen molar-refractivity contribution in [2.45, 2.75) is 51.5 Å². The van der Waals surface area contributed by atoms with Crippen LogP contribution in [0.2, 0.25) is 0 Å². The van der Waals surface area contributed by atoms with Crippen molar-refractivity contribution >= 4 is 28.7 Å². The molecule has 3 N–H and O–H groups in total. The molecule has 1 aromatic carbocycles. The second kappa shape index (κ2) is 9.54. The molecule has 0 bridgehead atoms. The minimum atomic E-state index is -0.677. The number of fused-ring (bicyclic) bond motifs is 1. The molecule has 7 nitrogen and oxygen atoms in total. The van der Waals surface area contributed by atoms with Gasteiger partial charge in [-0.1, -0.05) is 19.8 Å². The Hall–Kier alpha value is -2.90. The molecule has 4 amide bonds. The molecule has 0 unspecified atom stereocenters. The number of H-pyrrole nitrogens is 1. The minimum Gasteiger partial charge on any atom is -0.361 e. The van der Waals surface area contributed by atoms with Gasteiger partial charge in [0.1, 0.15) is 11.9 Å². The summed E-state index contributed by atoms with van der Waals surface area (Å²) in [6, 6.07) is 3.35. The maximum Gasteiger partial charge on any atom is 0.324 e. The fraction of sp³-hybridized carbons (Fsp3) is 0.476. The maximum atomic E-state index is 13.5. The molecule has 2 aromatic rings. The van der Waals surface area contributed by atoms with E-state index in [0.717, 1.165) is 35.7 Å². The van der Waals surface area contributed by atoms with Crippen molar-refractivity contribution in [2.75, 3.05) is 13.1 Å². The van der Waals surface area contributed by atoms with Gasteiger partial charge in [0.15, 0.2) is 0 Å². The van der Waals surface area contributed by atoms with E-state index in [1.165, 1.54) is 17.0 Å². The van der Waals surface area contributed by atoms with Crippen LogP contribution >= 0.6 is 0 Å². The predicted octanol–water partition coefficient (Wildman–Crippen LogP) is 2.86. The Bertz CT molecular complexity index is 895. The van der Waals surface area contributed by atoms with Crippen molar-refractivity contribution in [3.8, 4) is 0 Å². The highest BCUT2D eigenvalue weighted by Crippen LogP contribution is 2.21. The van der Waals surface area contributed by atoms with E-state index in [1.807, 2.05) is 0 Å². The van der Waals surface area contributed by atoms with Gasteiger partial charge < -0.3 is 15.6 Å². The molecule has 3 rings (SSSR count). The highest BCUT2D eigenvalue weighted by Gasteiger charge is 2.37. The number of imide groups is 1. The lowest BCUT2D eigenvalue weighted by Crippen LogP contribution is -2.34. The van der Waals surface area contributed by atoms with Crippen molar-refractivity contribution in [3.05, 3.63) is 35.8 Å². The van der Waals surface area contributed by atoms with E-state index in [-0.39, 0.29) is 37.0 Å². The van der Waals surface area contributed by atoms with E-state index < -0.39 is 12.1 Å². The Morgan fingerprint density at radius 2 is 2.10 bits per heavy atom. The lowest BCUT2D eigenvalue weighted by Gasteiger charge is -2.12. The van der Waals surface area contributed by atoms with Crippen molar-refractivity contribution in [1.82, 2.24) is 20.5 Å². The third-order valence-electron chi connectivity index (χ3n) is 5.20. The zero-order chi connectivity index (χ0) is 20.8. The Labute approximate surface area is 169 Å². The van der Waals surface area contributed by atoms with Crippen molar-refractivity contribution in [2.24, 2.45) is 0 Å². The molecule has 0 spiro atoms. The summed E-state index contributed by atoms with van der Waals surface area (Å²) in [4.78, 5) is 40.9. The Morgan fingerprint density at radius 1 is 1.28 bits per heavy atom. The fourth-order valence-corrected chi connectivity index (χ4v) is 3.54. The Kier molecular flexibility index (Phi) is 6.85. The fourth-order valence-electron chi connectivity index (χ4n) is 3.54. The van der Waals surface area contributed by atoms with E-state index >= 15 is 0 Å². The highest BCUT2D eigenvalue weighted by molar-refractivity contribution is 6.04. The van der Waals surface area contributed by atoms with Gasteiger partial charge >= 0.3 is 6.03 Å². The van der Waals surface area contributed by atoms with Gasteiger partial charge in [-0.3, -0.25) is 14.5 Å². The SMILES string of the molecule is CCCCCNC(=O)CC[C@@H]1NC(=O)N(CCc2c[nH]c3ccc(F)cc23)C1=O. The molecule has 1 aliphatic heterocycles. The minimum absolute atomic E-state index is 0.109. The van der Waals surface area contributed by atoms with Crippen LogP contribution in [-0.2, 0) is 16.0 Å². The predicted molar refractivity (Wildman–Crippen MR) is 108 cm³/mol. The first-order chi connectivity index (χ1) is 14.0. The first-order valence-electron chi connectivity index (χ1n) is 10.1. The number of amides is 4. The van der Waals surface area contributed by atoms with Crippen LogP contribution < -0.4 is 10.6 Å². The Balaban J connectivity index is 1.50. The van der Waals surface area contributed by atoms with Crippen molar-refractivity contribution in [1.29, 1.82) is 0 Å². The van der Waals surface area contributed by atoms with Crippen LogP contribution in [0.25, 0.3) is 10.9 Å². The average Bonchev–Trinajstić information content (AvgIpc) is 3.22. The van der Waals surface area contributed by atoms with Gasteiger partial charge in [0.25, 0.3) is 5.91 Å². The number of hydrogen-bond acceptors (Lipinski definition) is 3. The van der Waals surface area contributed by atoms with Crippen molar-refractivity contribution < 1.29 is 18.8 Å². The molecule has 1 aromatic heterocycles. The summed E-state index contributed by atoms with van der Waals surface area (Å²) >= 11 is 0. The van der Waals surface area contributed by atoms with E-state index in [2.05, 4.69) is 22.5 Å². The number of halogens is 1. The Morgan fingerprint density at radius 3 is 2.90 bits per heavy atom. The number of carbonyl (C=O) groups is 3. The van der Waals surface area contributed by atoms with Crippen LogP contribution in [-0.4, -0.2) is 46.9 Å². The highest BCUT2D eigenvalue weighted by atomic mass is 19.1. The summed E-state index contributed by atoms with van der Waals surface area (Å²) in [5.74, 6) is -0.761. The number of unbranched alkanes of at least 4 members (excludes halogenated alkanes) is 2. The molecular weight excluding hydrogens is 375 g/mol. The molecule has 1 aliphatic rings. The first kappa shape index (κ1) is 20.8. The molecule has 0 saturated carbocycles. The quantitative estimate of drug-likeness (QED) is 0.421. The smallest absolute Gasteiger partial charge is 0.324 e. The molecule has 0 aliphatic carbocycles. The number of carbonyl (C=O) groups excluding carboxylic acids is 3. The third kappa shape index (κ3) is 5.13. The lowest BCUT2D eigenvalue weighted by atomic mass is 10.1. The van der Waals surface area contributed by atoms with Gasteiger partial charge in [-0.25, -0.2) is 9.18 Å². The average molecular weight is 402 g/mol. The van der Waals surface area contributed by atoms with E-state index in [9.17, 15) is 18.8 Å². The normalized spacial score (nSPS) is 16.5. The summed E-state index contributed by atoms with van der Waals surface area (Å²) < 4.78 is 13.5. The van der Waals surface area contributed by atoms with E-state index in [1.54, 1.807) is 12.3 Å². The van der Waals surface area contributed by atoms with Crippen LogP contribution in [0, 0.1) is 5.82 Å². The van der Waals surface area contributed by atoms with Gasteiger partial charge in [-0.05, 0) is 43.0 Å². The zero-order valence-electron chi connectivity index (χ0n) is 16.6. The molecule has 2 heterocycles. The first-order valence-corrected chi connectivity index (χ1v) is 10.1. The number of aromatic amines is 1. The van der Waals surface area contributed by atoms with Crippen LogP contribution in [0.3, 0.4) is 0 Å². The standard InChI is InChI=1S/C21H27FN4O3/c1-2-3-4-10-23-19(27)8-7-18-20(28)26(21(29)25-18)11-9-14-13-24-17-6-5-15(22)12-16(14)17/h5-6,12-13,18,24H,2-4,7-11H2,1H3,(H,23,27)(H,25,29)/t18-/m0/s1. The zero-order valence-corrected chi connectivity index (χ0v) is 16.6. The summed E-state index contributed by atoms with van der Waals surface area (Å²) in [5.41, 5.74) is 1.65. The van der Waals surface area contributed by atoms with Crippen LogP contribution in [0.1, 0.15) is 44.6 Å². The number of rotatable bonds is 10. The monoisotopic (exact) mass is 402 g/mol. The lowest BCUT2D eigenvalue weighted by molar-refractivity contribution is -0.127. The largest absolute Gasteiger partial charge is 0.361 e. The molecule has 1 saturated heterocycles. The molecular formula is C21H27FN4O3. The number of nitrogens with zero attached hydrogens (tertiary/aromatic N) is 1. The third-order valence-corrected chi connectivity index (χ3v) is 5.20. The number of hydrogen-bond donors (Lipinski definition) is 3. The van der Waals surface area contributed by atoms with E-state index in [0.29, 0.717) is 13.0 Å². The van der Waals surface area contributed by atoms with Gasteiger partial charge in [0.2, 0.25) is 5.91 Å². The van der Waals surface area contributed by atoms with Crippen molar-refractivity contribution in [3.63, 3.8) is 0 Å². The summed E-state index contributed by atoms with van der Waals surface area (Å²) in [7, 11) is 0. The topological polar surface area (TPSA) is 94.3 Å². The van der Waals surface area contributed by atoms with Crippen LogP contribution in [0.15, 0.2) is 24.4 Å². The molecule has 1 fully saturated rings. The van der Waals surface area contributed by atoms with Crippen LogP contribution in [0.5, 0.6) is 0 Å². The number of urea groups is 1. The molecule has 29 heavy (non-hydrogen) atoms. The number of benzene rings is 1. The van der Waals surface area contributed by atoms with Crippen LogP contribution in [0.4, 0.5) is 9.18 Å². The number of nitrogens with one attached hydrogen (secondary N) is 3. The molecule has 156 valence electrons. The van der Waals surface area contributed by atoms with Gasteiger partial charge in [-0.15, -0.1) is 0 Å². The second-order valence-electron chi connectivity index (χ2n) is 7.34. The van der Waals surface area contributed by atoms with E-state index in [4.69, 9.17) is 0 Å². The molecule has 0 radical (unpaired) electrons. The summed E-state index contributed by atoms with van der Waals surface area (Å²) in [6.07, 6.45) is 5.75. The molecule has 8 heteroatoms. The van der Waals surface area contributed by atoms with Gasteiger partial charge in [0, 0.05) is 36.6 Å². The summed E-state index contributed by atoms with van der Waals surface area (Å²) in [5, 5.41) is 6.23. The molecule has 1 atom stereocenters.